The van der Waals surface area contributed by atoms with E-state index in [0.29, 0.717) is 22.5 Å². The summed E-state index contributed by atoms with van der Waals surface area (Å²) in [6, 6.07) is 25.3. The first-order chi connectivity index (χ1) is 12.7. The molecule has 4 aromatic rings. The topological polar surface area (TPSA) is 38.7 Å². The third-order valence-corrected chi connectivity index (χ3v) is 4.56. The number of aromatic nitrogens is 3. The molecule has 26 heavy (non-hydrogen) atoms. The molecule has 3 nitrogen and oxygen atoms in total. The molecule has 0 aliphatic carbocycles. The Kier molecular flexibility index (Phi) is 4.78. The van der Waals surface area contributed by atoms with Crippen molar-refractivity contribution >= 4 is 27.5 Å². The number of nitrogens with zero attached hydrogens (tertiary/aromatic N) is 3. The molecule has 0 aliphatic rings. The number of halogens is 2. The van der Waals surface area contributed by atoms with Gasteiger partial charge in [-0.15, -0.1) is 0 Å². The van der Waals surface area contributed by atoms with Crippen LogP contribution in [0.3, 0.4) is 0 Å². The molecule has 1 heterocycles. The lowest BCUT2D eigenvalue weighted by molar-refractivity contribution is 1.07. The van der Waals surface area contributed by atoms with Crippen molar-refractivity contribution in [3.63, 3.8) is 0 Å². The van der Waals surface area contributed by atoms with Gasteiger partial charge in [0.05, 0.1) is 0 Å². The van der Waals surface area contributed by atoms with Crippen LogP contribution in [0, 0.1) is 0 Å². The number of benzene rings is 3. The summed E-state index contributed by atoms with van der Waals surface area (Å²) >= 11 is 9.66. The van der Waals surface area contributed by atoms with Gasteiger partial charge in [0.2, 0.25) is 0 Å². The van der Waals surface area contributed by atoms with E-state index in [1.165, 1.54) is 0 Å². The summed E-state index contributed by atoms with van der Waals surface area (Å²) < 4.78 is 0.973. The highest BCUT2D eigenvalue weighted by Crippen LogP contribution is 2.27. The van der Waals surface area contributed by atoms with E-state index in [-0.39, 0.29) is 0 Å². The lowest BCUT2D eigenvalue weighted by Crippen LogP contribution is -2.00. The van der Waals surface area contributed by atoms with Crippen molar-refractivity contribution in [3.8, 4) is 34.2 Å². The first-order valence-corrected chi connectivity index (χ1v) is 9.19. The second kappa shape index (κ2) is 7.36. The van der Waals surface area contributed by atoms with Crippen LogP contribution >= 0.6 is 27.5 Å². The molecule has 0 unspecified atom stereocenters. The van der Waals surface area contributed by atoms with Gasteiger partial charge in [-0.1, -0.05) is 82.1 Å². The Bertz CT molecular complexity index is 1000. The summed E-state index contributed by atoms with van der Waals surface area (Å²) in [5, 5.41) is 0.646. The molecule has 1 aromatic heterocycles. The molecular formula is C21H13BrClN3. The van der Waals surface area contributed by atoms with Crippen LogP contribution < -0.4 is 0 Å². The van der Waals surface area contributed by atoms with Crippen LogP contribution in [0.4, 0.5) is 0 Å². The second-order valence-electron chi connectivity index (χ2n) is 5.69. The zero-order valence-corrected chi connectivity index (χ0v) is 15.9. The van der Waals surface area contributed by atoms with Gasteiger partial charge in [0.25, 0.3) is 0 Å². The predicted octanol–water partition coefficient (Wildman–Crippen LogP) is 6.29. The Morgan fingerprint density at radius 2 is 1.12 bits per heavy atom. The Hall–Kier alpha value is -2.56. The maximum absolute atomic E-state index is 6.15. The fraction of sp³-hybridized carbons (Fsp3) is 0. The second-order valence-corrected chi connectivity index (χ2v) is 7.05. The Balaban J connectivity index is 1.93. The molecule has 126 valence electrons. The standard InChI is InChI=1S/C21H13BrClN3/c22-17-10-4-8-15(12-17)20-24-19(14-6-2-1-3-7-14)25-21(26-20)16-9-5-11-18(23)13-16/h1-13H. The van der Waals surface area contributed by atoms with Crippen LogP contribution in [0.15, 0.2) is 83.3 Å². The third-order valence-electron chi connectivity index (χ3n) is 3.83. The molecule has 4 rings (SSSR count). The van der Waals surface area contributed by atoms with Crippen LogP contribution in [0.5, 0.6) is 0 Å². The van der Waals surface area contributed by atoms with Gasteiger partial charge in [-0.2, -0.15) is 0 Å². The highest BCUT2D eigenvalue weighted by Gasteiger charge is 2.12. The van der Waals surface area contributed by atoms with Crippen molar-refractivity contribution in [2.45, 2.75) is 0 Å². The Morgan fingerprint density at radius 1 is 0.577 bits per heavy atom. The average Bonchev–Trinajstić information content (AvgIpc) is 2.68. The molecule has 3 aromatic carbocycles. The van der Waals surface area contributed by atoms with Crippen molar-refractivity contribution in [1.82, 2.24) is 15.0 Å². The van der Waals surface area contributed by atoms with Gasteiger partial charge >= 0.3 is 0 Å². The molecule has 0 saturated carbocycles. The van der Waals surface area contributed by atoms with Crippen molar-refractivity contribution in [3.05, 3.63) is 88.4 Å². The highest BCUT2D eigenvalue weighted by molar-refractivity contribution is 9.10. The van der Waals surface area contributed by atoms with Crippen molar-refractivity contribution in [2.75, 3.05) is 0 Å². The largest absolute Gasteiger partial charge is 0.208 e. The zero-order chi connectivity index (χ0) is 17.9. The zero-order valence-electron chi connectivity index (χ0n) is 13.6. The maximum atomic E-state index is 6.15. The first-order valence-electron chi connectivity index (χ1n) is 8.02. The molecule has 0 atom stereocenters. The van der Waals surface area contributed by atoms with E-state index in [1.54, 1.807) is 0 Å². The van der Waals surface area contributed by atoms with Crippen molar-refractivity contribution in [2.24, 2.45) is 0 Å². The smallest absolute Gasteiger partial charge is 0.164 e. The fourth-order valence-corrected chi connectivity index (χ4v) is 3.20. The predicted molar refractivity (Wildman–Crippen MR) is 109 cm³/mol. The third kappa shape index (κ3) is 3.66. The number of hydrogen-bond donors (Lipinski definition) is 0. The van der Waals surface area contributed by atoms with E-state index in [2.05, 4.69) is 30.9 Å². The Labute approximate surface area is 164 Å². The van der Waals surface area contributed by atoms with Gasteiger partial charge in [0.1, 0.15) is 0 Å². The van der Waals surface area contributed by atoms with Crippen LogP contribution in [0.1, 0.15) is 0 Å². The molecule has 0 aliphatic heterocycles. The molecule has 0 radical (unpaired) electrons. The summed E-state index contributed by atoms with van der Waals surface area (Å²) in [6.45, 7) is 0. The van der Waals surface area contributed by atoms with Gasteiger partial charge < -0.3 is 0 Å². The van der Waals surface area contributed by atoms with Crippen molar-refractivity contribution in [1.29, 1.82) is 0 Å². The van der Waals surface area contributed by atoms with Gasteiger partial charge in [-0.05, 0) is 24.3 Å². The van der Waals surface area contributed by atoms with Crippen molar-refractivity contribution < 1.29 is 0 Å². The minimum Gasteiger partial charge on any atom is -0.208 e. The van der Waals surface area contributed by atoms with Crippen LogP contribution in [0.2, 0.25) is 5.02 Å². The van der Waals surface area contributed by atoms with E-state index >= 15 is 0 Å². The summed E-state index contributed by atoms with van der Waals surface area (Å²) in [4.78, 5) is 14.0. The first kappa shape index (κ1) is 16.9. The van der Waals surface area contributed by atoms with Gasteiger partial charge in [-0.25, -0.2) is 15.0 Å². The van der Waals surface area contributed by atoms with E-state index in [0.717, 1.165) is 21.2 Å². The van der Waals surface area contributed by atoms with Crippen LogP contribution in [-0.4, -0.2) is 15.0 Å². The van der Waals surface area contributed by atoms with Crippen LogP contribution in [-0.2, 0) is 0 Å². The lowest BCUT2D eigenvalue weighted by Gasteiger charge is -2.08. The fourth-order valence-electron chi connectivity index (χ4n) is 2.61. The molecule has 0 N–H and O–H groups in total. The molecule has 0 saturated heterocycles. The van der Waals surface area contributed by atoms with E-state index in [4.69, 9.17) is 11.6 Å². The highest BCUT2D eigenvalue weighted by atomic mass is 79.9. The summed E-state index contributed by atoms with van der Waals surface area (Å²) in [6.07, 6.45) is 0. The summed E-state index contributed by atoms with van der Waals surface area (Å²) in [5.41, 5.74) is 2.71. The van der Waals surface area contributed by atoms with Gasteiger partial charge in [0, 0.05) is 26.2 Å². The molecule has 0 bridgehead atoms. The molecule has 5 heteroatoms. The minimum absolute atomic E-state index is 0.594. The Morgan fingerprint density at radius 3 is 1.73 bits per heavy atom. The monoisotopic (exact) mass is 421 g/mol. The van der Waals surface area contributed by atoms with Gasteiger partial charge in [0.15, 0.2) is 17.5 Å². The van der Waals surface area contributed by atoms with E-state index < -0.39 is 0 Å². The number of rotatable bonds is 3. The SMILES string of the molecule is Clc1cccc(-c2nc(-c3ccccc3)nc(-c3cccc(Br)c3)n2)c1. The molecule has 0 amide bonds. The van der Waals surface area contributed by atoms with Gasteiger partial charge in [-0.3, -0.25) is 0 Å². The molecule has 0 fully saturated rings. The average molecular weight is 423 g/mol. The van der Waals surface area contributed by atoms with Crippen LogP contribution in [0.25, 0.3) is 34.2 Å². The maximum Gasteiger partial charge on any atom is 0.164 e. The minimum atomic E-state index is 0.594. The van der Waals surface area contributed by atoms with E-state index in [9.17, 15) is 0 Å². The van der Waals surface area contributed by atoms with E-state index in [1.807, 2.05) is 78.9 Å². The summed E-state index contributed by atoms with van der Waals surface area (Å²) in [7, 11) is 0. The summed E-state index contributed by atoms with van der Waals surface area (Å²) in [5.74, 6) is 1.84. The molecule has 0 spiro atoms. The quantitative estimate of drug-likeness (QED) is 0.389. The number of hydrogen-bond acceptors (Lipinski definition) is 3. The normalized spacial score (nSPS) is 10.7. The molecular weight excluding hydrogens is 410 g/mol. The lowest BCUT2D eigenvalue weighted by atomic mass is 10.1.